The summed E-state index contributed by atoms with van der Waals surface area (Å²) in [7, 11) is 1.31. The molecule has 1 aromatic carbocycles. The van der Waals surface area contributed by atoms with Crippen LogP contribution in [0.5, 0.6) is 0 Å². The van der Waals surface area contributed by atoms with Crippen molar-refractivity contribution in [2.24, 2.45) is 0 Å². The molecule has 4 nitrogen and oxygen atoms in total. The summed E-state index contributed by atoms with van der Waals surface area (Å²) in [5, 5.41) is 0. The SMILES string of the molecule is COC(=O)C1CN(C(C)c2ccc(F)c(F)c2)C[C@@H](C)O1. The van der Waals surface area contributed by atoms with Crippen LogP contribution in [0.3, 0.4) is 0 Å². The van der Waals surface area contributed by atoms with Gasteiger partial charge in [0.05, 0.1) is 13.2 Å². The van der Waals surface area contributed by atoms with Crippen molar-refractivity contribution in [3.63, 3.8) is 0 Å². The van der Waals surface area contributed by atoms with E-state index in [0.717, 1.165) is 6.07 Å². The Hall–Kier alpha value is -1.53. The monoisotopic (exact) mass is 299 g/mol. The van der Waals surface area contributed by atoms with Gasteiger partial charge in [-0.25, -0.2) is 13.6 Å². The van der Waals surface area contributed by atoms with E-state index in [9.17, 15) is 13.6 Å². The minimum absolute atomic E-state index is 0.143. The summed E-state index contributed by atoms with van der Waals surface area (Å²) >= 11 is 0. The van der Waals surface area contributed by atoms with E-state index in [0.29, 0.717) is 18.7 Å². The Bertz CT molecular complexity index is 524. The maximum atomic E-state index is 13.4. The van der Waals surface area contributed by atoms with E-state index in [1.165, 1.54) is 13.2 Å². The maximum absolute atomic E-state index is 13.4. The molecule has 1 saturated heterocycles. The fourth-order valence-electron chi connectivity index (χ4n) is 2.55. The number of hydrogen-bond acceptors (Lipinski definition) is 4. The third kappa shape index (κ3) is 3.57. The van der Waals surface area contributed by atoms with Crippen LogP contribution in [0.1, 0.15) is 25.5 Å². The van der Waals surface area contributed by atoms with Gasteiger partial charge in [0.15, 0.2) is 17.7 Å². The van der Waals surface area contributed by atoms with Crippen LogP contribution in [0.2, 0.25) is 0 Å². The Labute approximate surface area is 122 Å². The number of esters is 1. The highest BCUT2D eigenvalue weighted by Gasteiger charge is 2.33. The lowest BCUT2D eigenvalue weighted by atomic mass is 10.0. The highest BCUT2D eigenvalue weighted by molar-refractivity contribution is 5.75. The predicted molar refractivity (Wildman–Crippen MR) is 72.7 cm³/mol. The number of carbonyl (C=O) groups excluding carboxylic acids is 1. The lowest BCUT2D eigenvalue weighted by molar-refractivity contribution is -0.167. The topological polar surface area (TPSA) is 38.8 Å². The molecule has 1 aliphatic rings. The van der Waals surface area contributed by atoms with Gasteiger partial charge in [0.2, 0.25) is 0 Å². The Kier molecular flexibility index (Phi) is 4.90. The molecule has 2 unspecified atom stereocenters. The van der Waals surface area contributed by atoms with Gasteiger partial charge in [0, 0.05) is 19.1 Å². The summed E-state index contributed by atoms with van der Waals surface area (Å²) < 4.78 is 36.6. The molecule has 6 heteroatoms. The molecule has 1 fully saturated rings. The summed E-state index contributed by atoms with van der Waals surface area (Å²) in [6.45, 7) is 4.71. The number of carbonyl (C=O) groups is 1. The average Bonchev–Trinajstić information content (AvgIpc) is 2.47. The maximum Gasteiger partial charge on any atom is 0.336 e. The van der Waals surface area contributed by atoms with Crippen molar-refractivity contribution in [2.75, 3.05) is 20.2 Å². The molecule has 1 aromatic rings. The molecule has 0 saturated carbocycles. The van der Waals surface area contributed by atoms with Crippen LogP contribution in [-0.4, -0.2) is 43.3 Å². The number of methoxy groups -OCH3 is 1. The normalized spacial score (nSPS) is 24.6. The second kappa shape index (κ2) is 6.49. The van der Waals surface area contributed by atoms with Crippen LogP contribution in [-0.2, 0) is 14.3 Å². The van der Waals surface area contributed by atoms with Crippen LogP contribution in [0.25, 0.3) is 0 Å². The first-order chi connectivity index (χ1) is 9.92. The van der Waals surface area contributed by atoms with E-state index in [4.69, 9.17) is 9.47 Å². The summed E-state index contributed by atoms with van der Waals surface area (Å²) in [5.41, 5.74) is 0.659. The molecule has 116 valence electrons. The van der Waals surface area contributed by atoms with Crippen molar-refractivity contribution in [1.29, 1.82) is 0 Å². The van der Waals surface area contributed by atoms with E-state index >= 15 is 0 Å². The predicted octanol–water partition coefficient (Wildman–Crippen LogP) is 2.29. The number of halogens is 2. The van der Waals surface area contributed by atoms with Crippen LogP contribution >= 0.6 is 0 Å². The lowest BCUT2D eigenvalue weighted by Gasteiger charge is -2.39. The molecule has 0 bridgehead atoms. The highest BCUT2D eigenvalue weighted by Crippen LogP contribution is 2.26. The Morgan fingerprint density at radius 2 is 2.10 bits per heavy atom. The van der Waals surface area contributed by atoms with E-state index in [1.54, 1.807) is 6.07 Å². The minimum atomic E-state index is -0.870. The molecule has 0 amide bonds. The number of nitrogens with zero attached hydrogens (tertiary/aromatic N) is 1. The summed E-state index contributed by atoms with van der Waals surface area (Å²) in [6.07, 6.45) is -0.804. The largest absolute Gasteiger partial charge is 0.467 e. The molecule has 2 rings (SSSR count). The molecule has 0 radical (unpaired) electrons. The summed E-state index contributed by atoms with van der Waals surface area (Å²) in [6, 6.07) is 3.70. The number of rotatable bonds is 3. The zero-order valence-electron chi connectivity index (χ0n) is 12.3. The molecule has 0 N–H and O–H groups in total. The van der Waals surface area contributed by atoms with Crippen molar-refractivity contribution >= 4 is 5.97 Å². The van der Waals surface area contributed by atoms with Crippen LogP contribution in [0.4, 0.5) is 8.78 Å². The molecule has 0 aromatic heterocycles. The van der Waals surface area contributed by atoms with Gasteiger partial charge in [-0.15, -0.1) is 0 Å². The molecule has 0 spiro atoms. The van der Waals surface area contributed by atoms with Gasteiger partial charge < -0.3 is 9.47 Å². The van der Waals surface area contributed by atoms with E-state index < -0.39 is 23.7 Å². The van der Waals surface area contributed by atoms with Gasteiger partial charge in [-0.05, 0) is 31.5 Å². The third-order valence-corrected chi connectivity index (χ3v) is 3.73. The number of hydrogen-bond donors (Lipinski definition) is 0. The second-order valence-electron chi connectivity index (χ2n) is 5.26. The summed E-state index contributed by atoms with van der Waals surface area (Å²) in [5.74, 6) is -2.16. The van der Waals surface area contributed by atoms with E-state index in [1.807, 2.05) is 18.7 Å². The van der Waals surface area contributed by atoms with Gasteiger partial charge in [-0.3, -0.25) is 4.90 Å². The molecule has 0 aliphatic carbocycles. The smallest absolute Gasteiger partial charge is 0.336 e. The zero-order chi connectivity index (χ0) is 15.6. The summed E-state index contributed by atoms with van der Waals surface area (Å²) in [4.78, 5) is 13.6. The van der Waals surface area contributed by atoms with Crippen molar-refractivity contribution in [3.05, 3.63) is 35.4 Å². The Morgan fingerprint density at radius 3 is 2.71 bits per heavy atom. The van der Waals surface area contributed by atoms with E-state index in [2.05, 4.69) is 0 Å². The van der Waals surface area contributed by atoms with Crippen molar-refractivity contribution in [3.8, 4) is 0 Å². The molecular formula is C15H19F2NO3. The molecule has 21 heavy (non-hydrogen) atoms. The fourth-order valence-corrected chi connectivity index (χ4v) is 2.55. The van der Waals surface area contributed by atoms with Crippen molar-refractivity contribution in [1.82, 2.24) is 4.90 Å². The Morgan fingerprint density at radius 1 is 1.38 bits per heavy atom. The van der Waals surface area contributed by atoms with Gasteiger partial charge in [0.25, 0.3) is 0 Å². The van der Waals surface area contributed by atoms with Gasteiger partial charge in [0.1, 0.15) is 0 Å². The standard InChI is InChI=1S/C15H19F2NO3/c1-9-7-18(8-14(21-9)15(19)20-3)10(2)11-4-5-12(16)13(17)6-11/h4-6,9-10,14H,7-8H2,1-3H3/t9-,10?,14?/m1/s1. The first kappa shape index (κ1) is 15.9. The van der Waals surface area contributed by atoms with Gasteiger partial charge in [-0.1, -0.05) is 6.07 Å². The quantitative estimate of drug-likeness (QED) is 0.803. The Balaban J connectivity index is 2.15. The third-order valence-electron chi connectivity index (χ3n) is 3.73. The average molecular weight is 299 g/mol. The van der Waals surface area contributed by atoms with E-state index in [-0.39, 0.29) is 12.1 Å². The van der Waals surface area contributed by atoms with Crippen LogP contribution in [0.15, 0.2) is 18.2 Å². The highest BCUT2D eigenvalue weighted by atomic mass is 19.2. The molecule has 1 aliphatic heterocycles. The minimum Gasteiger partial charge on any atom is -0.467 e. The zero-order valence-corrected chi connectivity index (χ0v) is 12.3. The molecule has 1 heterocycles. The van der Waals surface area contributed by atoms with Gasteiger partial charge in [-0.2, -0.15) is 0 Å². The number of morpholine rings is 1. The lowest BCUT2D eigenvalue weighted by Crippen LogP contribution is -2.50. The van der Waals surface area contributed by atoms with Crippen LogP contribution in [0, 0.1) is 11.6 Å². The second-order valence-corrected chi connectivity index (χ2v) is 5.26. The number of benzene rings is 1. The number of ether oxygens (including phenoxy) is 2. The van der Waals surface area contributed by atoms with Crippen LogP contribution < -0.4 is 0 Å². The first-order valence-corrected chi connectivity index (χ1v) is 6.84. The van der Waals surface area contributed by atoms with Crippen molar-refractivity contribution < 1.29 is 23.0 Å². The van der Waals surface area contributed by atoms with Crippen molar-refractivity contribution in [2.45, 2.75) is 32.1 Å². The molecule has 3 atom stereocenters. The van der Waals surface area contributed by atoms with Gasteiger partial charge >= 0.3 is 5.97 Å². The first-order valence-electron chi connectivity index (χ1n) is 6.84. The fraction of sp³-hybridized carbons (Fsp3) is 0.533. The molecular weight excluding hydrogens is 280 g/mol.